The van der Waals surface area contributed by atoms with Crippen LogP contribution in [0.4, 0.5) is 13.2 Å². The quantitative estimate of drug-likeness (QED) is 0.760. The normalized spacial score (nSPS) is 21.7. The van der Waals surface area contributed by atoms with E-state index in [0.717, 1.165) is 6.08 Å². The number of carbonyl (C=O) groups is 1. The van der Waals surface area contributed by atoms with Crippen LogP contribution in [0.15, 0.2) is 18.2 Å². The van der Waals surface area contributed by atoms with Crippen molar-refractivity contribution in [3.05, 3.63) is 34.4 Å². The maximum Gasteiger partial charge on any atom is 0.432 e. The molecule has 0 N–H and O–H groups in total. The number of fused-ring (bicyclic) bond motifs is 1. The van der Waals surface area contributed by atoms with Crippen LogP contribution in [0.2, 0.25) is 5.02 Å². The molecule has 1 aliphatic heterocycles. The van der Waals surface area contributed by atoms with Crippen LogP contribution in [-0.4, -0.2) is 18.1 Å². The fraction of sp³-hybridized carbons (Fsp3) is 0.308. The minimum absolute atomic E-state index is 0.00757. The van der Waals surface area contributed by atoms with Gasteiger partial charge < -0.3 is 4.74 Å². The van der Waals surface area contributed by atoms with Crippen molar-refractivity contribution in [3.8, 4) is 5.75 Å². The molecule has 2 nitrogen and oxygen atoms in total. The summed E-state index contributed by atoms with van der Waals surface area (Å²) >= 11 is 5.81. The standard InChI is InChI=1S/C13H10ClF3O2/c1-2-12(13(15,16)17)4-3-8-5-10(14)9(7-18)6-11(8)19-12/h3-7H,2H2,1H3. The van der Waals surface area contributed by atoms with Crippen LogP contribution in [0.25, 0.3) is 6.08 Å². The summed E-state index contributed by atoms with van der Waals surface area (Å²) in [6, 6.07) is 2.64. The van der Waals surface area contributed by atoms with Crippen molar-refractivity contribution in [2.75, 3.05) is 0 Å². The molecule has 1 aromatic carbocycles. The maximum absolute atomic E-state index is 13.1. The van der Waals surface area contributed by atoms with Gasteiger partial charge in [0.15, 0.2) is 6.29 Å². The second-order valence-electron chi connectivity index (χ2n) is 4.21. The Morgan fingerprint density at radius 1 is 1.42 bits per heavy atom. The Kier molecular flexibility index (Phi) is 3.34. The van der Waals surface area contributed by atoms with Crippen LogP contribution < -0.4 is 4.74 Å². The van der Waals surface area contributed by atoms with E-state index in [1.807, 2.05) is 0 Å². The number of hydrogen-bond acceptors (Lipinski definition) is 2. The Balaban J connectivity index is 2.52. The van der Waals surface area contributed by atoms with Gasteiger partial charge >= 0.3 is 6.18 Å². The lowest BCUT2D eigenvalue weighted by Gasteiger charge is -2.35. The molecule has 0 saturated heterocycles. The zero-order chi connectivity index (χ0) is 14.3. The minimum atomic E-state index is -4.53. The fourth-order valence-electron chi connectivity index (χ4n) is 1.89. The van der Waals surface area contributed by atoms with E-state index < -0.39 is 11.8 Å². The molecule has 1 aliphatic rings. The zero-order valence-corrected chi connectivity index (χ0v) is 10.7. The van der Waals surface area contributed by atoms with Crippen LogP contribution in [0.5, 0.6) is 5.75 Å². The number of ether oxygens (including phenoxy) is 1. The third-order valence-electron chi connectivity index (χ3n) is 3.09. The van der Waals surface area contributed by atoms with Gasteiger partial charge in [0.2, 0.25) is 5.60 Å². The lowest BCUT2D eigenvalue weighted by atomic mass is 9.94. The van der Waals surface area contributed by atoms with Crippen molar-refractivity contribution in [1.82, 2.24) is 0 Å². The van der Waals surface area contributed by atoms with Gasteiger partial charge in [0, 0.05) is 11.1 Å². The number of aldehydes is 1. The average molecular weight is 291 g/mol. The first-order valence-electron chi connectivity index (χ1n) is 5.56. The summed E-state index contributed by atoms with van der Waals surface area (Å²) in [6.07, 6.45) is -2.02. The van der Waals surface area contributed by atoms with Gasteiger partial charge in [-0.15, -0.1) is 0 Å². The van der Waals surface area contributed by atoms with Crippen molar-refractivity contribution in [2.24, 2.45) is 0 Å². The number of carbonyl (C=O) groups excluding carboxylic acids is 1. The Morgan fingerprint density at radius 2 is 2.11 bits per heavy atom. The summed E-state index contributed by atoms with van der Waals surface area (Å²) < 4.78 is 44.3. The molecule has 2 rings (SSSR count). The Hall–Kier alpha value is -1.49. The number of rotatable bonds is 2. The number of hydrogen-bond donors (Lipinski definition) is 0. The van der Waals surface area contributed by atoms with Gasteiger partial charge in [0.1, 0.15) is 5.75 Å². The highest BCUT2D eigenvalue weighted by Crippen LogP contribution is 2.43. The van der Waals surface area contributed by atoms with Crippen molar-refractivity contribution >= 4 is 24.0 Å². The van der Waals surface area contributed by atoms with E-state index in [1.165, 1.54) is 25.1 Å². The molecule has 1 atom stereocenters. The molecular formula is C13H10ClF3O2. The molecule has 102 valence electrons. The van der Waals surface area contributed by atoms with Crippen LogP contribution in [-0.2, 0) is 0 Å². The molecule has 0 amide bonds. The summed E-state index contributed by atoms with van der Waals surface area (Å²) in [5.41, 5.74) is -1.83. The summed E-state index contributed by atoms with van der Waals surface area (Å²) in [7, 11) is 0. The first kappa shape index (κ1) is 13.9. The molecule has 0 aliphatic carbocycles. The monoisotopic (exact) mass is 290 g/mol. The largest absolute Gasteiger partial charge is 0.473 e. The highest BCUT2D eigenvalue weighted by atomic mass is 35.5. The third-order valence-corrected chi connectivity index (χ3v) is 3.41. The Morgan fingerprint density at radius 3 is 2.63 bits per heavy atom. The lowest BCUT2D eigenvalue weighted by Crippen LogP contribution is -2.49. The van der Waals surface area contributed by atoms with Crippen molar-refractivity contribution in [2.45, 2.75) is 25.1 Å². The number of benzene rings is 1. The van der Waals surface area contributed by atoms with E-state index >= 15 is 0 Å². The van der Waals surface area contributed by atoms with Crippen molar-refractivity contribution in [1.29, 1.82) is 0 Å². The van der Waals surface area contributed by atoms with Crippen LogP contribution in [0.3, 0.4) is 0 Å². The van der Waals surface area contributed by atoms with E-state index in [4.69, 9.17) is 16.3 Å². The van der Waals surface area contributed by atoms with Gasteiger partial charge in [-0.05, 0) is 24.6 Å². The topological polar surface area (TPSA) is 26.3 Å². The van der Waals surface area contributed by atoms with Gasteiger partial charge in [-0.2, -0.15) is 13.2 Å². The first-order chi connectivity index (χ1) is 8.83. The summed E-state index contributed by atoms with van der Waals surface area (Å²) in [6.45, 7) is 1.39. The predicted octanol–water partition coefficient (Wildman–Crippen LogP) is 4.27. The number of alkyl halides is 3. The molecule has 0 bridgehead atoms. The van der Waals surface area contributed by atoms with Crippen LogP contribution in [0, 0.1) is 0 Å². The van der Waals surface area contributed by atoms with Crippen LogP contribution >= 0.6 is 11.6 Å². The Bertz CT molecular complexity index is 552. The molecule has 0 radical (unpaired) electrons. The van der Waals surface area contributed by atoms with Crippen LogP contribution in [0.1, 0.15) is 29.3 Å². The summed E-state index contributed by atoms with van der Waals surface area (Å²) in [5.74, 6) is 0.00757. The fourth-order valence-corrected chi connectivity index (χ4v) is 2.11. The average Bonchev–Trinajstić information content (AvgIpc) is 2.36. The van der Waals surface area contributed by atoms with Gasteiger partial charge in [0.05, 0.1) is 5.02 Å². The second-order valence-corrected chi connectivity index (χ2v) is 4.61. The predicted molar refractivity (Wildman–Crippen MR) is 65.6 cm³/mol. The molecule has 6 heteroatoms. The van der Waals surface area contributed by atoms with E-state index in [0.29, 0.717) is 11.8 Å². The number of halogens is 4. The minimum Gasteiger partial charge on any atom is -0.473 e. The van der Waals surface area contributed by atoms with E-state index in [-0.39, 0.29) is 22.8 Å². The molecule has 0 aromatic heterocycles. The smallest absolute Gasteiger partial charge is 0.432 e. The van der Waals surface area contributed by atoms with Gasteiger partial charge in [0.25, 0.3) is 0 Å². The molecule has 0 fully saturated rings. The third kappa shape index (κ3) is 2.23. The van der Waals surface area contributed by atoms with Gasteiger partial charge in [-0.1, -0.05) is 24.6 Å². The maximum atomic E-state index is 13.1. The molecule has 0 spiro atoms. The van der Waals surface area contributed by atoms with E-state index in [2.05, 4.69) is 0 Å². The highest BCUT2D eigenvalue weighted by molar-refractivity contribution is 6.33. The molecule has 1 heterocycles. The Labute approximate surface area is 112 Å². The van der Waals surface area contributed by atoms with Gasteiger partial charge in [-0.3, -0.25) is 4.79 Å². The zero-order valence-electron chi connectivity index (χ0n) is 9.92. The molecule has 1 unspecified atom stereocenters. The summed E-state index contributed by atoms with van der Waals surface area (Å²) in [5, 5.41) is 0.179. The second kappa shape index (κ2) is 4.56. The van der Waals surface area contributed by atoms with E-state index in [9.17, 15) is 18.0 Å². The van der Waals surface area contributed by atoms with Gasteiger partial charge in [-0.25, -0.2) is 0 Å². The molecule has 1 aromatic rings. The first-order valence-corrected chi connectivity index (χ1v) is 5.94. The molecular weight excluding hydrogens is 281 g/mol. The van der Waals surface area contributed by atoms with Crippen molar-refractivity contribution in [3.63, 3.8) is 0 Å². The SMILES string of the molecule is CCC1(C(F)(F)F)C=Cc2cc(Cl)c(C=O)cc2O1. The molecule has 0 saturated carbocycles. The van der Waals surface area contributed by atoms with Crippen molar-refractivity contribution < 1.29 is 22.7 Å². The highest BCUT2D eigenvalue weighted by Gasteiger charge is 2.55. The lowest BCUT2D eigenvalue weighted by molar-refractivity contribution is -0.230. The molecule has 19 heavy (non-hydrogen) atoms. The summed E-state index contributed by atoms with van der Waals surface area (Å²) in [4.78, 5) is 10.8. The van der Waals surface area contributed by atoms with E-state index in [1.54, 1.807) is 0 Å².